The molecule has 0 amide bonds. The molecule has 0 fully saturated rings. The first-order valence-electron chi connectivity index (χ1n) is 6.06. The van der Waals surface area contributed by atoms with Crippen LogP contribution in [0.25, 0.3) is 0 Å². The normalized spacial score (nSPS) is 12.6. The van der Waals surface area contributed by atoms with E-state index < -0.39 is 0 Å². The molecule has 2 rings (SSSR count). The van der Waals surface area contributed by atoms with Gasteiger partial charge in [-0.1, -0.05) is 38.1 Å². The first-order valence-corrected chi connectivity index (χ1v) is 7.32. The minimum absolute atomic E-state index is 0.00329. The highest BCUT2D eigenvalue weighted by Gasteiger charge is 2.15. The smallest absolute Gasteiger partial charge is 0.0930 e. The number of rotatable bonds is 4. The average molecular weight is 265 g/mol. The lowest BCUT2D eigenvalue weighted by atomic mass is 10.0. The summed E-state index contributed by atoms with van der Waals surface area (Å²) in [5, 5.41) is -0.00329. The zero-order valence-corrected chi connectivity index (χ0v) is 11.8. The quantitative estimate of drug-likeness (QED) is 0.666. The molecule has 0 saturated heterocycles. The molecule has 0 saturated carbocycles. The third-order valence-electron chi connectivity index (χ3n) is 2.99. The summed E-state index contributed by atoms with van der Waals surface area (Å²) >= 11 is 8.42. The van der Waals surface area contributed by atoms with Gasteiger partial charge in [0.05, 0.1) is 5.38 Å². The van der Waals surface area contributed by atoms with Crippen molar-refractivity contribution in [3.8, 4) is 0 Å². The fourth-order valence-electron chi connectivity index (χ4n) is 1.98. The number of halogens is 1. The van der Waals surface area contributed by atoms with Crippen molar-refractivity contribution in [1.29, 1.82) is 0 Å². The molecule has 0 N–H and O–H groups in total. The summed E-state index contributed by atoms with van der Waals surface area (Å²) in [5.74, 6) is 0. The van der Waals surface area contributed by atoms with Crippen LogP contribution in [0.1, 0.15) is 40.1 Å². The summed E-state index contributed by atoms with van der Waals surface area (Å²) in [6, 6.07) is 12.8. The SMILES string of the molecule is CCc1ccc(C(Cl)c2ccccc2CC)s1. The van der Waals surface area contributed by atoms with E-state index in [2.05, 4.69) is 50.2 Å². The molecule has 1 heterocycles. The van der Waals surface area contributed by atoms with Crippen LogP contribution in [0.5, 0.6) is 0 Å². The van der Waals surface area contributed by atoms with Crippen LogP contribution < -0.4 is 0 Å². The Hall–Kier alpha value is -0.790. The number of thiophene rings is 1. The minimum atomic E-state index is -0.00329. The summed E-state index contributed by atoms with van der Waals surface area (Å²) in [6.45, 7) is 4.35. The van der Waals surface area contributed by atoms with E-state index in [-0.39, 0.29) is 5.38 Å². The lowest BCUT2D eigenvalue weighted by Crippen LogP contribution is -1.96. The monoisotopic (exact) mass is 264 g/mol. The summed E-state index contributed by atoms with van der Waals surface area (Å²) in [6.07, 6.45) is 2.12. The largest absolute Gasteiger partial charge is 0.143 e. The number of hydrogen-bond donors (Lipinski definition) is 0. The Kier molecular flexibility index (Phi) is 4.25. The molecule has 0 bridgehead atoms. The highest BCUT2D eigenvalue weighted by Crippen LogP contribution is 2.35. The van der Waals surface area contributed by atoms with Crippen molar-refractivity contribution in [2.75, 3.05) is 0 Å². The van der Waals surface area contributed by atoms with Gasteiger partial charge in [-0.25, -0.2) is 0 Å². The van der Waals surface area contributed by atoms with Crippen molar-refractivity contribution in [2.24, 2.45) is 0 Å². The zero-order valence-electron chi connectivity index (χ0n) is 10.2. The molecule has 0 aliphatic heterocycles. The van der Waals surface area contributed by atoms with Gasteiger partial charge in [0.2, 0.25) is 0 Å². The maximum atomic E-state index is 6.60. The van der Waals surface area contributed by atoms with Crippen LogP contribution in [-0.2, 0) is 12.8 Å². The van der Waals surface area contributed by atoms with E-state index in [0.29, 0.717) is 0 Å². The third-order valence-corrected chi connectivity index (χ3v) is 4.88. The molecule has 2 aromatic rings. The molecule has 17 heavy (non-hydrogen) atoms. The molecule has 0 spiro atoms. The Morgan fingerprint density at radius 1 is 1.06 bits per heavy atom. The molecule has 1 unspecified atom stereocenters. The van der Waals surface area contributed by atoms with Gasteiger partial charge < -0.3 is 0 Å². The molecule has 0 aliphatic carbocycles. The highest BCUT2D eigenvalue weighted by atomic mass is 35.5. The van der Waals surface area contributed by atoms with Gasteiger partial charge in [0.1, 0.15) is 0 Å². The Morgan fingerprint density at radius 3 is 2.47 bits per heavy atom. The van der Waals surface area contributed by atoms with Crippen molar-refractivity contribution >= 4 is 22.9 Å². The minimum Gasteiger partial charge on any atom is -0.143 e. The molecule has 1 aromatic carbocycles. The van der Waals surface area contributed by atoms with E-state index in [1.165, 1.54) is 20.9 Å². The van der Waals surface area contributed by atoms with Gasteiger partial charge in [0.25, 0.3) is 0 Å². The fraction of sp³-hybridized carbons (Fsp3) is 0.333. The molecule has 1 aromatic heterocycles. The Balaban J connectivity index is 2.32. The van der Waals surface area contributed by atoms with Crippen LogP contribution in [-0.4, -0.2) is 0 Å². The molecular formula is C15H17ClS. The van der Waals surface area contributed by atoms with Crippen LogP contribution in [0, 0.1) is 0 Å². The van der Waals surface area contributed by atoms with Crippen molar-refractivity contribution in [2.45, 2.75) is 32.1 Å². The highest BCUT2D eigenvalue weighted by molar-refractivity contribution is 7.12. The Bertz CT molecular complexity index is 487. The van der Waals surface area contributed by atoms with Crippen LogP contribution >= 0.6 is 22.9 Å². The number of hydrogen-bond acceptors (Lipinski definition) is 1. The molecular weight excluding hydrogens is 248 g/mol. The summed E-state index contributed by atoms with van der Waals surface area (Å²) in [4.78, 5) is 2.66. The first kappa shape index (κ1) is 12.7. The summed E-state index contributed by atoms with van der Waals surface area (Å²) < 4.78 is 0. The predicted octanol–water partition coefficient (Wildman–Crippen LogP) is 5.20. The predicted molar refractivity (Wildman–Crippen MR) is 77.2 cm³/mol. The molecule has 0 radical (unpaired) electrons. The lowest BCUT2D eigenvalue weighted by Gasteiger charge is -2.12. The fourth-order valence-corrected chi connectivity index (χ4v) is 3.35. The molecule has 90 valence electrons. The van der Waals surface area contributed by atoms with Crippen molar-refractivity contribution in [3.63, 3.8) is 0 Å². The van der Waals surface area contributed by atoms with Gasteiger partial charge >= 0.3 is 0 Å². The second kappa shape index (κ2) is 5.70. The maximum Gasteiger partial charge on any atom is 0.0930 e. The van der Waals surface area contributed by atoms with Crippen molar-refractivity contribution in [1.82, 2.24) is 0 Å². The maximum absolute atomic E-state index is 6.60. The lowest BCUT2D eigenvalue weighted by molar-refractivity contribution is 1.05. The summed E-state index contributed by atoms with van der Waals surface area (Å²) in [7, 11) is 0. The molecule has 2 heteroatoms. The van der Waals surface area contributed by atoms with Crippen LogP contribution in [0.4, 0.5) is 0 Å². The van der Waals surface area contributed by atoms with Gasteiger partial charge in [-0.2, -0.15) is 0 Å². The molecule has 1 atom stereocenters. The van der Waals surface area contributed by atoms with Gasteiger partial charge in [-0.3, -0.25) is 0 Å². The van der Waals surface area contributed by atoms with Crippen LogP contribution in [0.15, 0.2) is 36.4 Å². The topological polar surface area (TPSA) is 0 Å². The Morgan fingerprint density at radius 2 is 1.82 bits per heavy atom. The Labute approximate surface area is 112 Å². The number of aryl methyl sites for hydroxylation is 2. The van der Waals surface area contributed by atoms with Gasteiger partial charge in [0, 0.05) is 9.75 Å². The van der Waals surface area contributed by atoms with Gasteiger partial charge in [-0.15, -0.1) is 22.9 Å². The van der Waals surface area contributed by atoms with Crippen molar-refractivity contribution < 1.29 is 0 Å². The average Bonchev–Trinajstić information content (AvgIpc) is 2.86. The van der Waals surface area contributed by atoms with E-state index in [9.17, 15) is 0 Å². The van der Waals surface area contributed by atoms with E-state index >= 15 is 0 Å². The van der Waals surface area contributed by atoms with Crippen LogP contribution in [0.2, 0.25) is 0 Å². The third kappa shape index (κ3) is 2.72. The number of benzene rings is 1. The summed E-state index contributed by atoms with van der Waals surface area (Å²) in [5.41, 5.74) is 2.60. The molecule has 0 aliphatic rings. The van der Waals surface area contributed by atoms with E-state index in [1.807, 2.05) is 11.3 Å². The van der Waals surface area contributed by atoms with Crippen LogP contribution in [0.3, 0.4) is 0 Å². The van der Waals surface area contributed by atoms with E-state index in [4.69, 9.17) is 11.6 Å². The zero-order chi connectivity index (χ0) is 12.3. The molecule has 0 nitrogen and oxygen atoms in total. The second-order valence-corrected chi connectivity index (χ2v) is 5.71. The van der Waals surface area contributed by atoms with Gasteiger partial charge in [0.15, 0.2) is 0 Å². The van der Waals surface area contributed by atoms with Crippen molar-refractivity contribution in [3.05, 3.63) is 57.3 Å². The van der Waals surface area contributed by atoms with Gasteiger partial charge in [-0.05, 0) is 36.1 Å². The standard InChI is InChI=1S/C15H17ClS/c1-3-11-7-5-6-8-13(11)15(16)14-10-9-12(4-2)17-14/h5-10,15H,3-4H2,1-2H3. The van der Waals surface area contributed by atoms with E-state index in [1.54, 1.807) is 0 Å². The first-order chi connectivity index (χ1) is 8.26. The van der Waals surface area contributed by atoms with E-state index in [0.717, 1.165) is 12.8 Å². The second-order valence-electron chi connectivity index (χ2n) is 4.07. The number of alkyl halides is 1.